The summed E-state index contributed by atoms with van der Waals surface area (Å²) in [6.07, 6.45) is 2.97. The van der Waals surface area contributed by atoms with Crippen LogP contribution >= 0.6 is 24.0 Å². The molecule has 0 radical (unpaired) electrons. The van der Waals surface area contributed by atoms with Gasteiger partial charge >= 0.3 is 0 Å². The summed E-state index contributed by atoms with van der Waals surface area (Å²) in [4.78, 5) is 0. The highest BCUT2D eigenvalue weighted by molar-refractivity contribution is 6.31. The van der Waals surface area contributed by atoms with Crippen LogP contribution in [0, 0.1) is 5.82 Å². The minimum Gasteiger partial charge on any atom is -0.324 e. The number of hydrogen-bond donors (Lipinski definition) is 1. The maximum Gasteiger partial charge on any atom is 0.142 e. The molecule has 0 heterocycles. The molecule has 2 N–H and O–H groups in total. The molecule has 1 atom stereocenters. The first-order valence-corrected chi connectivity index (χ1v) is 5.24. The number of unbranched alkanes of at least 4 members (excludes halogenated alkanes) is 1. The zero-order chi connectivity index (χ0) is 10.6. The molecule has 86 valence electrons. The van der Waals surface area contributed by atoms with Gasteiger partial charge in [0, 0.05) is 6.04 Å². The van der Waals surface area contributed by atoms with Crippen molar-refractivity contribution >= 4 is 24.0 Å². The summed E-state index contributed by atoms with van der Waals surface area (Å²) in [6, 6.07) is 4.62. The Morgan fingerprint density at radius 3 is 2.73 bits per heavy atom. The van der Waals surface area contributed by atoms with E-state index in [9.17, 15) is 4.39 Å². The lowest BCUT2D eigenvalue weighted by molar-refractivity contribution is 0.589. The highest BCUT2D eigenvalue weighted by Gasteiger charge is 2.12. The number of rotatable bonds is 4. The summed E-state index contributed by atoms with van der Waals surface area (Å²) in [5.74, 6) is -0.392. The lowest BCUT2D eigenvalue weighted by atomic mass is 10.0. The Bertz CT molecular complexity index is 305. The normalized spacial score (nSPS) is 12.0. The average molecular weight is 252 g/mol. The van der Waals surface area contributed by atoms with Gasteiger partial charge in [-0.05, 0) is 18.1 Å². The van der Waals surface area contributed by atoms with Crippen LogP contribution in [0.2, 0.25) is 5.02 Å². The molecule has 0 fully saturated rings. The van der Waals surface area contributed by atoms with Crippen LogP contribution in [0.25, 0.3) is 0 Å². The van der Waals surface area contributed by atoms with Crippen LogP contribution in [0.15, 0.2) is 18.2 Å². The predicted octanol–water partition coefficient (Wildman–Crippen LogP) is 4.09. The van der Waals surface area contributed by atoms with E-state index in [4.69, 9.17) is 17.3 Å². The van der Waals surface area contributed by atoms with E-state index in [1.807, 2.05) is 0 Å². The molecule has 1 aromatic carbocycles. The molecule has 0 amide bonds. The van der Waals surface area contributed by atoms with Crippen molar-refractivity contribution in [1.82, 2.24) is 0 Å². The Hall–Kier alpha value is -0.310. The maximum absolute atomic E-state index is 13.1. The molecule has 0 aliphatic rings. The summed E-state index contributed by atoms with van der Waals surface area (Å²) in [6.45, 7) is 2.10. The molecule has 1 rings (SSSR count). The monoisotopic (exact) mass is 251 g/mol. The molecule has 0 aliphatic heterocycles. The Labute approximate surface area is 101 Å². The Morgan fingerprint density at radius 2 is 2.13 bits per heavy atom. The van der Waals surface area contributed by atoms with Gasteiger partial charge in [-0.1, -0.05) is 43.5 Å². The van der Waals surface area contributed by atoms with Crippen LogP contribution in [0.5, 0.6) is 0 Å². The first kappa shape index (κ1) is 14.7. The van der Waals surface area contributed by atoms with E-state index in [2.05, 4.69) is 6.92 Å². The lowest BCUT2D eigenvalue weighted by Crippen LogP contribution is -2.11. The van der Waals surface area contributed by atoms with Crippen molar-refractivity contribution in [2.45, 2.75) is 32.2 Å². The molecule has 0 bridgehead atoms. The number of nitrogens with two attached hydrogens (primary N) is 1. The topological polar surface area (TPSA) is 26.0 Å². The Morgan fingerprint density at radius 1 is 1.47 bits per heavy atom. The van der Waals surface area contributed by atoms with Crippen molar-refractivity contribution in [2.24, 2.45) is 5.73 Å². The summed E-state index contributed by atoms with van der Waals surface area (Å²) in [7, 11) is 0. The van der Waals surface area contributed by atoms with Crippen LogP contribution in [-0.2, 0) is 0 Å². The third kappa shape index (κ3) is 3.98. The quantitative estimate of drug-likeness (QED) is 0.858. The van der Waals surface area contributed by atoms with Crippen LogP contribution in [0.1, 0.15) is 37.8 Å². The second-order valence-electron chi connectivity index (χ2n) is 3.39. The molecule has 4 heteroatoms. The Kier molecular flexibility index (Phi) is 6.90. The van der Waals surface area contributed by atoms with E-state index < -0.39 is 5.82 Å². The molecule has 0 aliphatic carbocycles. The zero-order valence-corrected chi connectivity index (χ0v) is 10.2. The van der Waals surface area contributed by atoms with Crippen LogP contribution in [0.3, 0.4) is 0 Å². The minimum absolute atomic E-state index is 0. The predicted molar refractivity (Wildman–Crippen MR) is 65.1 cm³/mol. The second-order valence-corrected chi connectivity index (χ2v) is 3.77. The number of hydrogen-bond acceptors (Lipinski definition) is 1. The molecule has 0 saturated heterocycles. The first-order chi connectivity index (χ1) is 6.66. The summed E-state index contributed by atoms with van der Waals surface area (Å²) in [5.41, 5.74) is 6.61. The van der Waals surface area contributed by atoms with Gasteiger partial charge in [0.1, 0.15) is 5.82 Å². The summed E-state index contributed by atoms with van der Waals surface area (Å²) < 4.78 is 13.1. The highest BCUT2D eigenvalue weighted by atomic mass is 35.5. The molecule has 1 aromatic rings. The molecule has 0 aromatic heterocycles. The van der Waals surface area contributed by atoms with E-state index in [-0.39, 0.29) is 23.5 Å². The van der Waals surface area contributed by atoms with Crippen LogP contribution in [0.4, 0.5) is 4.39 Å². The summed E-state index contributed by atoms with van der Waals surface area (Å²) in [5, 5.41) is 0.163. The standard InChI is InChI=1S/C11H15ClFN.ClH/c1-2-3-7-10(14)8-5-4-6-9(13)11(8)12;/h4-6,10H,2-3,7,14H2,1H3;1H/t10-;/m1./s1. The lowest BCUT2D eigenvalue weighted by Gasteiger charge is -2.13. The molecular weight excluding hydrogens is 236 g/mol. The molecular formula is C11H16Cl2FN. The van der Waals surface area contributed by atoms with Gasteiger partial charge in [-0.15, -0.1) is 12.4 Å². The van der Waals surface area contributed by atoms with Crippen LogP contribution in [-0.4, -0.2) is 0 Å². The van der Waals surface area contributed by atoms with Crippen molar-refractivity contribution in [2.75, 3.05) is 0 Å². The largest absolute Gasteiger partial charge is 0.324 e. The maximum atomic E-state index is 13.1. The van der Waals surface area contributed by atoms with E-state index in [0.717, 1.165) is 19.3 Å². The van der Waals surface area contributed by atoms with Gasteiger partial charge < -0.3 is 5.73 Å². The van der Waals surface area contributed by atoms with Crippen molar-refractivity contribution < 1.29 is 4.39 Å². The second kappa shape index (κ2) is 7.04. The zero-order valence-electron chi connectivity index (χ0n) is 8.67. The van der Waals surface area contributed by atoms with E-state index in [1.54, 1.807) is 12.1 Å². The molecule has 0 saturated carbocycles. The third-order valence-electron chi connectivity index (χ3n) is 2.25. The van der Waals surface area contributed by atoms with Crippen molar-refractivity contribution in [1.29, 1.82) is 0 Å². The molecule has 1 nitrogen and oxygen atoms in total. The smallest absolute Gasteiger partial charge is 0.142 e. The summed E-state index contributed by atoms with van der Waals surface area (Å²) >= 11 is 5.81. The van der Waals surface area contributed by atoms with E-state index in [0.29, 0.717) is 5.56 Å². The van der Waals surface area contributed by atoms with Crippen molar-refractivity contribution in [3.63, 3.8) is 0 Å². The van der Waals surface area contributed by atoms with Gasteiger partial charge in [-0.2, -0.15) is 0 Å². The SMILES string of the molecule is CCCC[C@@H](N)c1cccc(F)c1Cl.Cl. The average Bonchev–Trinajstić information content (AvgIpc) is 2.18. The molecule has 15 heavy (non-hydrogen) atoms. The highest BCUT2D eigenvalue weighted by Crippen LogP contribution is 2.26. The third-order valence-corrected chi connectivity index (χ3v) is 2.65. The van der Waals surface area contributed by atoms with Gasteiger partial charge in [0.25, 0.3) is 0 Å². The minimum atomic E-state index is -0.392. The van der Waals surface area contributed by atoms with Gasteiger partial charge in [0.05, 0.1) is 5.02 Å². The van der Waals surface area contributed by atoms with Crippen molar-refractivity contribution in [3.8, 4) is 0 Å². The van der Waals surface area contributed by atoms with Crippen LogP contribution < -0.4 is 5.73 Å². The van der Waals surface area contributed by atoms with Gasteiger partial charge in [-0.3, -0.25) is 0 Å². The number of benzene rings is 1. The van der Waals surface area contributed by atoms with E-state index >= 15 is 0 Å². The fraction of sp³-hybridized carbons (Fsp3) is 0.455. The fourth-order valence-corrected chi connectivity index (χ4v) is 1.65. The van der Waals surface area contributed by atoms with Gasteiger partial charge in [0.15, 0.2) is 0 Å². The van der Waals surface area contributed by atoms with E-state index in [1.165, 1.54) is 6.07 Å². The van der Waals surface area contributed by atoms with Crippen molar-refractivity contribution in [3.05, 3.63) is 34.6 Å². The fourth-order valence-electron chi connectivity index (χ4n) is 1.39. The van der Waals surface area contributed by atoms with Gasteiger partial charge in [0.2, 0.25) is 0 Å². The molecule has 0 unspecified atom stereocenters. The molecule has 0 spiro atoms. The Balaban J connectivity index is 0.00000196. The number of halogens is 3. The van der Waals surface area contributed by atoms with Gasteiger partial charge in [-0.25, -0.2) is 4.39 Å². The first-order valence-electron chi connectivity index (χ1n) is 4.86.